The minimum Gasteiger partial charge on any atom is -0.462 e. The Morgan fingerprint density at radius 2 is 2.00 bits per heavy atom. The highest BCUT2D eigenvalue weighted by Crippen LogP contribution is 2.24. The van der Waals surface area contributed by atoms with Crippen LogP contribution in [0.4, 0.5) is 0 Å². The molecule has 0 spiro atoms. The molecule has 0 aliphatic carbocycles. The molecular weight excluding hydrogens is 400 g/mol. The number of guanidine groups is 1. The van der Waals surface area contributed by atoms with Crippen LogP contribution in [0.15, 0.2) is 35.3 Å². The summed E-state index contributed by atoms with van der Waals surface area (Å²) >= 11 is 1.35. The highest BCUT2D eigenvalue weighted by molar-refractivity contribution is 7.13. The number of rotatable bonds is 10. The lowest BCUT2D eigenvalue weighted by molar-refractivity contribution is 0.0531. The Labute approximate surface area is 182 Å². The molecule has 2 rings (SSSR count). The number of hydrogen-bond donors (Lipinski definition) is 2. The largest absolute Gasteiger partial charge is 0.462 e. The Kier molecular flexibility index (Phi) is 9.76. The monoisotopic (exact) mass is 432 g/mol. The third-order valence-corrected chi connectivity index (χ3v) is 5.67. The van der Waals surface area contributed by atoms with Crippen molar-refractivity contribution in [3.05, 3.63) is 51.5 Å². The molecule has 0 saturated carbocycles. The van der Waals surface area contributed by atoms with Crippen LogP contribution in [0.5, 0.6) is 0 Å². The van der Waals surface area contributed by atoms with Crippen LogP contribution in [0.3, 0.4) is 0 Å². The lowest BCUT2D eigenvalue weighted by Gasteiger charge is -2.19. The number of nitrogens with zero attached hydrogens (tertiary/aromatic N) is 2. The highest BCUT2D eigenvalue weighted by Gasteiger charge is 2.20. The number of thiazole rings is 1. The van der Waals surface area contributed by atoms with Crippen molar-refractivity contribution < 1.29 is 14.3 Å². The summed E-state index contributed by atoms with van der Waals surface area (Å²) in [7, 11) is 1.73. The molecule has 0 fully saturated rings. The standard InChI is InChI=1S/C22H32N4O3S/c1-6-29-21(27)19-16(3)25-20(30-19)17(4)26-22(23-5)24-12-15(2)13-28-14-18-10-8-7-9-11-18/h7-11,15,17H,6,12-14H2,1-5H3,(H2,23,24,26). The maximum absolute atomic E-state index is 12.0. The number of carbonyl (C=O) groups is 1. The van der Waals surface area contributed by atoms with Gasteiger partial charge in [0.25, 0.3) is 0 Å². The zero-order valence-corrected chi connectivity index (χ0v) is 19.2. The van der Waals surface area contributed by atoms with Gasteiger partial charge in [-0.05, 0) is 32.3 Å². The Morgan fingerprint density at radius 3 is 2.67 bits per heavy atom. The van der Waals surface area contributed by atoms with Crippen LogP contribution in [0.1, 0.15) is 52.7 Å². The highest BCUT2D eigenvalue weighted by atomic mass is 32.1. The Morgan fingerprint density at radius 1 is 1.27 bits per heavy atom. The summed E-state index contributed by atoms with van der Waals surface area (Å²) in [6.45, 7) is 10.1. The lowest BCUT2D eigenvalue weighted by Crippen LogP contribution is -2.41. The molecule has 7 nitrogen and oxygen atoms in total. The molecule has 0 saturated heterocycles. The Balaban J connectivity index is 1.79. The average molecular weight is 433 g/mol. The van der Waals surface area contributed by atoms with Gasteiger partial charge in [-0.15, -0.1) is 11.3 Å². The van der Waals surface area contributed by atoms with E-state index < -0.39 is 0 Å². The lowest BCUT2D eigenvalue weighted by atomic mass is 10.2. The van der Waals surface area contributed by atoms with Crippen molar-refractivity contribution in [3.8, 4) is 0 Å². The van der Waals surface area contributed by atoms with Crippen LogP contribution in [0.2, 0.25) is 0 Å². The number of nitrogens with one attached hydrogen (secondary N) is 2. The van der Waals surface area contributed by atoms with Crippen LogP contribution in [-0.4, -0.2) is 43.7 Å². The van der Waals surface area contributed by atoms with E-state index in [2.05, 4.69) is 39.7 Å². The first-order chi connectivity index (χ1) is 14.4. The third-order valence-electron chi connectivity index (χ3n) is 4.35. The van der Waals surface area contributed by atoms with Gasteiger partial charge < -0.3 is 20.1 Å². The molecule has 2 atom stereocenters. The van der Waals surface area contributed by atoms with E-state index in [9.17, 15) is 4.79 Å². The molecule has 1 heterocycles. The molecule has 2 aromatic rings. The fraction of sp³-hybridized carbons (Fsp3) is 0.500. The van der Waals surface area contributed by atoms with Gasteiger partial charge in [-0.1, -0.05) is 37.3 Å². The summed E-state index contributed by atoms with van der Waals surface area (Å²) in [5.74, 6) is 0.681. The van der Waals surface area contributed by atoms with E-state index >= 15 is 0 Å². The van der Waals surface area contributed by atoms with Crippen molar-refractivity contribution in [2.45, 2.75) is 40.3 Å². The van der Waals surface area contributed by atoms with E-state index in [-0.39, 0.29) is 12.0 Å². The fourth-order valence-electron chi connectivity index (χ4n) is 2.73. The molecule has 2 N–H and O–H groups in total. The van der Waals surface area contributed by atoms with Crippen molar-refractivity contribution in [2.24, 2.45) is 10.9 Å². The van der Waals surface area contributed by atoms with Crippen molar-refractivity contribution in [2.75, 3.05) is 26.8 Å². The van der Waals surface area contributed by atoms with Gasteiger partial charge in [0.2, 0.25) is 0 Å². The van der Waals surface area contributed by atoms with Crippen molar-refractivity contribution in [3.63, 3.8) is 0 Å². The predicted molar refractivity (Wildman–Crippen MR) is 121 cm³/mol. The second-order valence-electron chi connectivity index (χ2n) is 7.11. The average Bonchev–Trinajstić information content (AvgIpc) is 3.14. The number of aryl methyl sites for hydroxylation is 1. The van der Waals surface area contributed by atoms with E-state index in [1.807, 2.05) is 32.0 Å². The number of hydrogen-bond acceptors (Lipinski definition) is 6. The quantitative estimate of drug-likeness (QED) is 0.338. The summed E-state index contributed by atoms with van der Waals surface area (Å²) < 4.78 is 10.9. The molecule has 8 heteroatoms. The number of aromatic nitrogens is 1. The van der Waals surface area contributed by atoms with Crippen LogP contribution < -0.4 is 10.6 Å². The summed E-state index contributed by atoms with van der Waals surface area (Å²) in [5, 5.41) is 7.47. The molecule has 0 aliphatic heterocycles. The van der Waals surface area contributed by atoms with Gasteiger partial charge in [0.1, 0.15) is 9.88 Å². The van der Waals surface area contributed by atoms with E-state index in [1.165, 1.54) is 16.9 Å². The van der Waals surface area contributed by atoms with E-state index in [4.69, 9.17) is 9.47 Å². The van der Waals surface area contributed by atoms with Crippen LogP contribution >= 0.6 is 11.3 Å². The molecule has 1 aromatic carbocycles. The number of carbonyl (C=O) groups excluding carboxylic acids is 1. The molecule has 0 bridgehead atoms. The van der Waals surface area contributed by atoms with Crippen LogP contribution in [-0.2, 0) is 16.1 Å². The first kappa shape index (κ1) is 23.8. The molecule has 0 aliphatic rings. The van der Waals surface area contributed by atoms with Crippen molar-refractivity contribution in [1.29, 1.82) is 0 Å². The molecule has 0 radical (unpaired) electrons. The predicted octanol–water partition coefficient (Wildman–Crippen LogP) is 3.71. The number of ether oxygens (including phenoxy) is 2. The molecule has 30 heavy (non-hydrogen) atoms. The third kappa shape index (κ3) is 7.42. The van der Waals surface area contributed by atoms with Gasteiger partial charge in [-0.2, -0.15) is 0 Å². The van der Waals surface area contributed by atoms with Crippen LogP contribution in [0, 0.1) is 12.8 Å². The molecular formula is C22H32N4O3S. The second-order valence-corrected chi connectivity index (χ2v) is 8.14. The maximum atomic E-state index is 12.0. The van der Waals surface area contributed by atoms with Crippen molar-refractivity contribution >= 4 is 23.3 Å². The van der Waals surface area contributed by atoms with Crippen LogP contribution in [0.25, 0.3) is 0 Å². The molecule has 0 amide bonds. The molecule has 1 aromatic heterocycles. The first-order valence-electron chi connectivity index (χ1n) is 10.2. The molecule has 164 valence electrons. The summed E-state index contributed by atoms with van der Waals surface area (Å²) in [5.41, 5.74) is 1.86. The topological polar surface area (TPSA) is 84.8 Å². The summed E-state index contributed by atoms with van der Waals surface area (Å²) in [4.78, 5) is 21.4. The van der Waals surface area contributed by atoms with Gasteiger partial charge >= 0.3 is 5.97 Å². The van der Waals surface area contributed by atoms with Gasteiger partial charge in [0, 0.05) is 13.6 Å². The number of benzene rings is 1. The smallest absolute Gasteiger partial charge is 0.350 e. The minimum absolute atomic E-state index is 0.0901. The Bertz CT molecular complexity index is 823. The number of aliphatic imine (C=N–C) groups is 1. The SMILES string of the molecule is CCOC(=O)c1sc(C(C)NC(=NC)NCC(C)COCc2ccccc2)nc1C. The maximum Gasteiger partial charge on any atom is 0.350 e. The summed E-state index contributed by atoms with van der Waals surface area (Å²) in [6.07, 6.45) is 0. The first-order valence-corrected chi connectivity index (χ1v) is 11.0. The zero-order valence-electron chi connectivity index (χ0n) is 18.4. The normalized spacial score (nSPS) is 13.6. The van der Waals surface area contributed by atoms with Gasteiger partial charge in [0.15, 0.2) is 5.96 Å². The van der Waals surface area contributed by atoms with Gasteiger partial charge in [-0.3, -0.25) is 4.99 Å². The summed E-state index contributed by atoms with van der Waals surface area (Å²) in [6, 6.07) is 10.1. The molecule has 2 unspecified atom stereocenters. The van der Waals surface area contributed by atoms with Gasteiger partial charge in [0.05, 0.1) is 31.6 Å². The minimum atomic E-state index is -0.321. The number of esters is 1. The van der Waals surface area contributed by atoms with Crippen molar-refractivity contribution in [1.82, 2.24) is 15.6 Å². The zero-order chi connectivity index (χ0) is 21.9. The fourth-order valence-corrected chi connectivity index (χ4v) is 3.70. The Hall–Kier alpha value is -2.45. The van der Waals surface area contributed by atoms with E-state index in [1.54, 1.807) is 14.0 Å². The van der Waals surface area contributed by atoms with Gasteiger partial charge in [-0.25, -0.2) is 9.78 Å². The van der Waals surface area contributed by atoms with E-state index in [0.29, 0.717) is 42.3 Å². The van der Waals surface area contributed by atoms with E-state index in [0.717, 1.165) is 11.6 Å². The second kappa shape index (κ2) is 12.3.